The van der Waals surface area contributed by atoms with Crippen molar-refractivity contribution in [3.8, 4) is 17.8 Å². The molecule has 0 aromatic heterocycles. The van der Waals surface area contributed by atoms with Crippen LogP contribution in [0.4, 0.5) is 0 Å². The van der Waals surface area contributed by atoms with Gasteiger partial charge >= 0.3 is 22.4 Å². The minimum Gasteiger partial charge on any atom is -0.366 e. The minimum atomic E-state index is -2.37. The average Bonchev–Trinajstić information content (AvgIpc) is 3.29. The van der Waals surface area contributed by atoms with E-state index in [1.165, 1.54) is 31.8 Å². The van der Waals surface area contributed by atoms with Crippen molar-refractivity contribution in [2.75, 3.05) is 0 Å². The second-order valence-corrected chi connectivity index (χ2v) is 19.4. The predicted molar refractivity (Wildman–Crippen MR) is 240 cm³/mol. The van der Waals surface area contributed by atoms with Crippen LogP contribution in [-0.2, 0) is 22.4 Å². The second-order valence-electron chi connectivity index (χ2n) is 12.8. The predicted octanol–water partition coefficient (Wildman–Crippen LogP) is 9.63. The Hall–Kier alpha value is -5.74. The van der Waals surface area contributed by atoms with Crippen LogP contribution in [0.1, 0.15) is 16.7 Å². The Bertz CT molecular complexity index is 2320. The normalized spacial score (nSPS) is 10.5. The monoisotopic (exact) mass is 934 g/mol. The molecule has 0 heterocycles. The molecule has 0 aliphatic rings. The molecular weight excluding hydrogens is 895 g/mol. The largest absolute Gasteiger partial charge is 1.00 e. The molecule has 0 saturated carbocycles. The number of hydrogen-bond donors (Lipinski definition) is 0. The van der Waals surface area contributed by atoms with Crippen molar-refractivity contribution in [1.82, 2.24) is 0 Å². The molecule has 0 aliphatic carbocycles. The van der Waals surface area contributed by atoms with Gasteiger partial charge in [0.2, 0.25) is 0 Å². The molecule has 0 N–H and O–H groups in total. The quantitative estimate of drug-likeness (QED) is 0.0675. The first-order valence-corrected chi connectivity index (χ1v) is 21.8. The molecule has 0 fully saturated rings. The zero-order chi connectivity index (χ0) is 37.6. The van der Waals surface area contributed by atoms with E-state index in [9.17, 15) is 0 Å². The van der Waals surface area contributed by atoms with Crippen LogP contribution in [0, 0.1) is 24.2 Å². The standard InChI is InChI=1S/C37H30P2.C16H9.Au/c1-7-19-32(20-8-1)38(33-21-9-2-10-22-33,34-23-11-3-12-24-34)31-39(35-25-13-4-14-26-35,36-27-15-5-16-28-36)37-29-17-6-18-30-37;1-2-14-8-10-16(11-9-14)13-12-15-6-4-3-5-7-15;/h1-30H;3-11H;/q;-1;+1. The van der Waals surface area contributed by atoms with Crippen LogP contribution < -0.4 is 31.8 Å². The maximum atomic E-state index is 6.96. The molecule has 0 aliphatic heterocycles. The third-order valence-electron chi connectivity index (χ3n) is 9.32. The summed E-state index contributed by atoms with van der Waals surface area (Å²) in [5, 5.41) is 12.5. The average molecular weight is 935 g/mol. The van der Waals surface area contributed by atoms with Crippen LogP contribution in [0.25, 0.3) is 0 Å². The molecule has 0 nitrogen and oxygen atoms in total. The van der Waals surface area contributed by atoms with Crippen molar-refractivity contribution in [3.63, 3.8) is 0 Å². The smallest absolute Gasteiger partial charge is 0.366 e. The molecule has 56 heavy (non-hydrogen) atoms. The summed E-state index contributed by atoms with van der Waals surface area (Å²) in [6, 6.07) is 83.7. The van der Waals surface area contributed by atoms with Gasteiger partial charge in [-0.1, -0.05) is 224 Å². The van der Waals surface area contributed by atoms with Crippen molar-refractivity contribution < 1.29 is 22.4 Å². The van der Waals surface area contributed by atoms with E-state index in [4.69, 9.17) is 6.42 Å². The number of rotatable bonds is 6. The summed E-state index contributed by atoms with van der Waals surface area (Å²) in [5.74, 6) is 8.48. The van der Waals surface area contributed by atoms with E-state index in [1.54, 1.807) is 0 Å². The molecule has 0 atom stereocenters. The van der Waals surface area contributed by atoms with Gasteiger partial charge in [-0.3, -0.25) is 5.92 Å². The van der Waals surface area contributed by atoms with E-state index in [-0.39, 0.29) is 22.4 Å². The van der Waals surface area contributed by atoms with Gasteiger partial charge in [0.25, 0.3) is 0 Å². The van der Waals surface area contributed by atoms with Gasteiger partial charge in [-0.2, -0.15) is 0 Å². The fraction of sp³-hybridized carbons (Fsp3) is 0. The Morgan fingerprint density at radius 2 is 0.482 bits per heavy atom. The summed E-state index contributed by atoms with van der Waals surface area (Å²) in [7, 11) is 0. The van der Waals surface area contributed by atoms with Crippen molar-refractivity contribution in [3.05, 3.63) is 260 Å². The Morgan fingerprint density at radius 1 is 0.268 bits per heavy atom. The molecule has 0 amide bonds. The van der Waals surface area contributed by atoms with E-state index >= 15 is 0 Å². The van der Waals surface area contributed by atoms with Gasteiger partial charge in [0.15, 0.2) is 0 Å². The molecule has 272 valence electrons. The Kier molecular flexibility index (Phi) is 14.1. The van der Waals surface area contributed by atoms with E-state index in [2.05, 4.69) is 205 Å². The fourth-order valence-corrected chi connectivity index (χ4v) is 16.8. The third kappa shape index (κ3) is 9.03. The minimum absolute atomic E-state index is 0. The van der Waals surface area contributed by atoms with Gasteiger partial charge in [0, 0.05) is 24.9 Å². The van der Waals surface area contributed by atoms with Crippen LogP contribution in [-0.4, -0.2) is 5.17 Å². The van der Waals surface area contributed by atoms with Crippen molar-refractivity contribution >= 4 is 50.8 Å². The van der Waals surface area contributed by atoms with E-state index < -0.39 is 13.8 Å². The summed E-state index contributed by atoms with van der Waals surface area (Å²) in [5.41, 5.74) is 2.72. The van der Waals surface area contributed by atoms with E-state index in [0.29, 0.717) is 0 Å². The summed E-state index contributed by atoms with van der Waals surface area (Å²) in [6.45, 7) is -4.74. The van der Waals surface area contributed by atoms with Gasteiger partial charge in [-0.05, 0) is 44.0 Å². The second kappa shape index (κ2) is 19.7. The Labute approximate surface area is 348 Å². The molecule has 0 spiro atoms. The van der Waals surface area contributed by atoms with Crippen LogP contribution in [0.2, 0.25) is 0 Å². The first kappa shape index (κ1) is 39.9. The Morgan fingerprint density at radius 3 is 0.732 bits per heavy atom. The van der Waals surface area contributed by atoms with E-state index in [1.807, 2.05) is 54.6 Å². The van der Waals surface area contributed by atoms with Crippen LogP contribution in [0.15, 0.2) is 237 Å². The summed E-state index contributed by atoms with van der Waals surface area (Å²) in [4.78, 5) is 0. The molecule has 0 unspecified atom stereocenters. The number of benzene rings is 8. The summed E-state index contributed by atoms with van der Waals surface area (Å²) in [6.07, 6.45) is 6.96. The molecule has 8 rings (SSSR count). The molecule has 0 radical (unpaired) electrons. The first-order chi connectivity index (χ1) is 27.2. The molecular formula is C53H39AuP2. The van der Waals surface area contributed by atoms with Gasteiger partial charge in [0.05, 0.1) is 0 Å². The maximum absolute atomic E-state index is 6.96. The van der Waals surface area contributed by atoms with E-state index in [0.717, 1.165) is 16.7 Å². The maximum Gasteiger partial charge on any atom is 1.00 e. The molecule has 8 aromatic carbocycles. The number of hydrogen-bond acceptors (Lipinski definition) is 0. The van der Waals surface area contributed by atoms with Crippen LogP contribution >= 0.6 is 13.8 Å². The summed E-state index contributed by atoms with van der Waals surface area (Å²) >= 11 is 0. The van der Waals surface area contributed by atoms with Crippen molar-refractivity contribution in [2.45, 2.75) is 0 Å². The molecule has 3 heteroatoms. The summed E-state index contributed by atoms with van der Waals surface area (Å²) < 4.78 is 0. The van der Waals surface area contributed by atoms with Gasteiger partial charge in [-0.25, -0.2) is 0 Å². The fourth-order valence-electron chi connectivity index (χ4n) is 6.68. The third-order valence-corrected chi connectivity index (χ3v) is 18.2. The van der Waals surface area contributed by atoms with Gasteiger partial charge in [0.1, 0.15) is 0 Å². The van der Waals surface area contributed by atoms with Crippen molar-refractivity contribution in [2.24, 2.45) is 0 Å². The van der Waals surface area contributed by atoms with Gasteiger partial charge in [-0.15, -0.1) is 22.9 Å². The molecule has 8 aromatic rings. The first-order valence-electron chi connectivity index (χ1n) is 18.2. The topological polar surface area (TPSA) is 0 Å². The Balaban J connectivity index is 0.000000263. The van der Waals surface area contributed by atoms with Crippen molar-refractivity contribution in [1.29, 1.82) is 0 Å². The van der Waals surface area contributed by atoms with Crippen LogP contribution in [0.3, 0.4) is 0 Å². The zero-order valence-corrected chi connectivity index (χ0v) is 34.7. The molecule has 0 bridgehead atoms. The zero-order valence-electron chi connectivity index (χ0n) is 30.7. The molecule has 0 saturated heterocycles. The SMILES string of the molecule is C(=P(c1ccccc1)(c1ccccc1)c1ccccc1)=P(c1ccccc1)(c1ccccc1)c1ccccc1.[Au+].[C-]#Cc1ccc(C#Cc2ccccc2)cc1. The van der Waals surface area contributed by atoms with Crippen LogP contribution in [0.5, 0.6) is 0 Å². The van der Waals surface area contributed by atoms with Gasteiger partial charge < -0.3 is 6.42 Å².